The first kappa shape index (κ1) is 15.2. The van der Waals surface area contributed by atoms with Crippen molar-refractivity contribution in [1.29, 1.82) is 0 Å². The van der Waals surface area contributed by atoms with Gasteiger partial charge in [-0.3, -0.25) is 4.79 Å². The second-order valence-electron chi connectivity index (χ2n) is 4.32. The van der Waals surface area contributed by atoms with E-state index in [4.69, 9.17) is 9.84 Å². The van der Waals surface area contributed by atoms with Crippen LogP contribution in [0.1, 0.15) is 25.5 Å². The summed E-state index contributed by atoms with van der Waals surface area (Å²) in [5, 5.41) is 11.6. The number of hydrogen-bond donors (Lipinski definition) is 3. The van der Waals surface area contributed by atoms with Crippen LogP contribution in [0.15, 0.2) is 12.5 Å². The van der Waals surface area contributed by atoms with Gasteiger partial charge in [0.05, 0.1) is 12.4 Å². The summed E-state index contributed by atoms with van der Waals surface area (Å²) < 4.78 is 5.03. The van der Waals surface area contributed by atoms with Gasteiger partial charge in [-0.15, -0.1) is 0 Å². The Labute approximate surface area is 111 Å². The van der Waals surface area contributed by atoms with Crippen LogP contribution in [-0.4, -0.2) is 46.2 Å². The largest absolute Gasteiger partial charge is 0.480 e. The van der Waals surface area contributed by atoms with Crippen LogP contribution in [0.3, 0.4) is 0 Å². The summed E-state index contributed by atoms with van der Waals surface area (Å²) in [6.07, 6.45) is 3.95. The molecule has 19 heavy (non-hydrogen) atoms. The van der Waals surface area contributed by atoms with E-state index >= 15 is 0 Å². The lowest BCUT2D eigenvalue weighted by atomic mass is 10.1. The Morgan fingerprint density at radius 1 is 1.58 bits per heavy atom. The Balaban J connectivity index is 2.45. The van der Waals surface area contributed by atoms with E-state index in [1.54, 1.807) is 7.11 Å². The Bertz CT molecular complexity index is 405. The van der Waals surface area contributed by atoms with Crippen LogP contribution < -0.4 is 5.32 Å². The van der Waals surface area contributed by atoms with Crippen LogP contribution in [0.5, 0.6) is 0 Å². The number of aromatic amines is 1. The molecule has 0 saturated heterocycles. The van der Waals surface area contributed by atoms with E-state index in [-0.39, 0.29) is 24.9 Å². The number of rotatable bonds is 8. The molecule has 1 aromatic rings. The Morgan fingerprint density at radius 3 is 2.84 bits per heavy atom. The second-order valence-corrected chi connectivity index (χ2v) is 4.32. The van der Waals surface area contributed by atoms with Crippen molar-refractivity contribution in [2.45, 2.75) is 38.3 Å². The smallest absolute Gasteiger partial charge is 0.326 e. The molecule has 0 fully saturated rings. The molecular formula is C12H19N3O4. The van der Waals surface area contributed by atoms with Gasteiger partial charge in [-0.25, -0.2) is 9.78 Å². The van der Waals surface area contributed by atoms with Crippen molar-refractivity contribution in [1.82, 2.24) is 15.3 Å². The molecule has 0 aromatic carbocycles. The zero-order valence-corrected chi connectivity index (χ0v) is 11.0. The normalized spacial score (nSPS) is 13.8. The summed E-state index contributed by atoms with van der Waals surface area (Å²) in [6.45, 7) is 1.85. The molecule has 0 aliphatic carbocycles. The Kier molecular flexibility index (Phi) is 6.01. The minimum atomic E-state index is -1.07. The molecule has 1 amide bonds. The molecule has 2 unspecified atom stereocenters. The molecule has 106 valence electrons. The number of aliphatic carboxylic acids is 1. The molecular weight excluding hydrogens is 250 g/mol. The molecule has 0 saturated carbocycles. The van der Waals surface area contributed by atoms with Crippen LogP contribution in [-0.2, 0) is 20.7 Å². The third kappa shape index (κ3) is 5.52. The first-order chi connectivity index (χ1) is 9.02. The summed E-state index contributed by atoms with van der Waals surface area (Å²) in [7, 11) is 1.57. The molecule has 1 aromatic heterocycles. The minimum absolute atomic E-state index is 0.0263. The Hall–Kier alpha value is -1.89. The van der Waals surface area contributed by atoms with E-state index < -0.39 is 12.0 Å². The minimum Gasteiger partial charge on any atom is -0.480 e. The highest BCUT2D eigenvalue weighted by atomic mass is 16.5. The van der Waals surface area contributed by atoms with Crippen molar-refractivity contribution in [3.63, 3.8) is 0 Å². The van der Waals surface area contributed by atoms with E-state index in [0.717, 1.165) is 0 Å². The maximum atomic E-state index is 11.7. The van der Waals surface area contributed by atoms with Gasteiger partial charge in [-0.1, -0.05) is 0 Å². The third-order valence-corrected chi connectivity index (χ3v) is 2.79. The number of carbonyl (C=O) groups is 2. The molecule has 0 aliphatic rings. The van der Waals surface area contributed by atoms with Crippen LogP contribution >= 0.6 is 0 Å². The van der Waals surface area contributed by atoms with Crippen molar-refractivity contribution in [3.05, 3.63) is 18.2 Å². The molecule has 3 N–H and O–H groups in total. The summed E-state index contributed by atoms with van der Waals surface area (Å²) >= 11 is 0. The maximum absolute atomic E-state index is 11.7. The topological polar surface area (TPSA) is 104 Å². The molecule has 0 bridgehead atoms. The first-order valence-corrected chi connectivity index (χ1v) is 6.05. The number of ether oxygens (including phenoxy) is 1. The van der Waals surface area contributed by atoms with Crippen molar-refractivity contribution in [3.8, 4) is 0 Å². The lowest BCUT2D eigenvalue weighted by molar-refractivity contribution is -0.141. The quantitative estimate of drug-likeness (QED) is 0.631. The van der Waals surface area contributed by atoms with Crippen LogP contribution in [0.2, 0.25) is 0 Å². The summed E-state index contributed by atoms with van der Waals surface area (Å²) in [5.41, 5.74) is 0.665. The lowest BCUT2D eigenvalue weighted by Crippen LogP contribution is -2.42. The fourth-order valence-corrected chi connectivity index (χ4v) is 1.54. The summed E-state index contributed by atoms with van der Waals surface area (Å²) in [4.78, 5) is 29.3. The Morgan fingerprint density at radius 2 is 2.32 bits per heavy atom. The van der Waals surface area contributed by atoms with E-state index in [1.165, 1.54) is 12.5 Å². The highest BCUT2D eigenvalue weighted by Crippen LogP contribution is 2.03. The molecule has 7 nitrogen and oxygen atoms in total. The van der Waals surface area contributed by atoms with E-state index in [9.17, 15) is 9.59 Å². The highest BCUT2D eigenvalue weighted by Gasteiger charge is 2.21. The number of carboxylic acid groups (broad SMARTS) is 1. The number of hydrogen-bond acceptors (Lipinski definition) is 4. The van der Waals surface area contributed by atoms with E-state index in [2.05, 4.69) is 15.3 Å². The van der Waals surface area contributed by atoms with Crippen LogP contribution in [0.25, 0.3) is 0 Å². The first-order valence-electron chi connectivity index (χ1n) is 6.05. The van der Waals surface area contributed by atoms with E-state index in [0.29, 0.717) is 12.1 Å². The molecule has 0 spiro atoms. The molecule has 2 atom stereocenters. The summed E-state index contributed by atoms with van der Waals surface area (Å²) in [5.74, 6) is -1.36. The zero-order valence-electron chi connectivity index (χ0n) is 11.0. The fraction of sp³-hybridized carbons (Fsp3) is 0.583. The third-order valence-electron chi connectivity index (χ3n) is 2.79. The molecule has 0 aliphatic heterocycles. The number of aromatic nitrogens is 2. The molecule has 1 rings (SSSR count). The summed E-state index contributed by atoms with van der Waals surface area (Å²) in [6, 6.07) is -0.953. The SMILES string of the molecule is COC(C)CCC(=O)NC(Cc1cnc[nH]1)C(=O)O. The second kappa shape index (κ2) is 7.52. The van der Waals surface area contributed by atoms with Gasteiger partial charge in [0, 0.05) is 31.8 Å². The average Bonchev–Trinajstić information content (AvgIpc) is 2.87. The maximum Gasteiger partial charge on any atom is 0.326 e. The van der Waals surface area contributed by atoms with Gasteiger partial charge >= 0.3 is 5.97 Å². The number of amides is 1. The zero-order chi connectivity index (χ0) is 14.3. The predicted octanol–water partition coefficient (Wildman–Crippen LogP) is 0.337. The van der Waals surface area contributed by atoms with E-state index in [1.807, 2.05) is 6.92 Å². The van der Waals surface area contributed by atoms with Gasteiger partial charge < -0.3 is 20.1 Å². The highest BCUT2D eigenvalue weighted by molar-refractivity contribution is 5.83. The number of carbonyl (C=O) groups excluding carboxylic acids is 1. The number of nitrogens with one attached hydrogen (secondary N) is 2. The van der Waals surface area contributed by atoms with Crippen molar-refractivity contribution in [2.75, 3.05) is 7.11 Å². The van der Waals surface area contributed by atoms with Gasteiger partial charge in [-0.05, 0) is 13.3 Å². The number of methoxy groups -OCH3 is 1. The van der Waals surface area contributed by atoms with Gasteiger partial charge in [0.25, 0.3) is 0 Å². The van der Waals surface area contributed by atoms with Gasteiger partial charge in [0.2, 0.25) is 5.91 Å². The number of imidazole rings is 1. The van der Waals surface area contributed by atoms with Crippen molar-refractivity contribution < 1.29 is 19.4 Å². The van der Waals surface area contributed by atoms with Crippen molar-refractivity contribution >= 4 is 11.9 Å². The lowest BCUT2D eigenvalue weighted by Gasteiger charge is -2.14. The van der Waals surface area contributed by atoms with Gasteiger partial charge in [-0.2, -0.15) is 0 Å². The fourth-order valence-electron chi connectivity index (χ4n) is 1.54. The standard InChI is InChI=1S/C12H19N3O4/c1-8(19-2)3-4-11(16)15-10(12(17)18)5-9-6-13-7-14-9/h6-8,10H,3-5H2,1-2H3,(H,13,14)(H,15,16)(H,17,18). The monoisotopic (exact) mass is 269 g/mol. The van der Waals surface area contributed by atoms with Crippen molar-refractivity contribution in [2.24, 2.45) is 0 Å². The van der Waals surface area contributed by atoms with Gasteiger partial charge in [0.15, 0.2) is 0 Å². The number of H-pyrrole nitrogens is 1. The van der Waals surface area contributed by atoms with Crippen LogP contribution in [0.4, 0.5) is 0 Å². The molecule has 1 heterocycles. The number of nitrogens with zero attached hydrogens (tertiary/aromatic N) is 1. The van der Waals surface area contributed by atoms with Crippen LogP contribution in [0, 0.1) is 0 Å². The predicted molar refractivity (Wildman–Crippen MR) is 67.6 cm³/mol. The molecule has 0 radical (unpaired) electrons. The average molecular weight is 269 g/mol. The number of carboxylic acids is 1. The van der Waals surface area contributed by atoms with Gasteiger partial charge in [0.1, 0.15) is 6.04 Å². The molecule has 7 heteroatoms.